The van der Waals surface area contributed by atoms with Crippen LogP contribution in [0.2, 0.25) is 0 Å². The summed E-state index contributed by atoms with van der Waals surface area (Å²) in [6, 6.07) is 13.1. The van der Waals surface area contributed by atoms with Crippen molar-refractivity contribution >= 4 is 17.9 Å². The van der Waals surface area contributed by atoms with E-state index in [-0.39, 0.29) is 0 Å². The number of benzene rings is 2. The highest BCUT2D eigenvalue weighted by Gasteiger charge is 2.00. The fourth-order valence-electron chi connectivity index (χ4n) is 2.07. The van der Waals surface area contributed by atoms with Gasteiger partial charge in [-0.3, -0.25) is 5.43 Å². The predicted molar refractivity (Wildman–Crippen MR) is 84.1 cm³/mol. The van der Waals surface area contributed by atoms with E-state index in [4.69, 9.17) is 4.74 Å². The molecule has 22 heavy (non-hydrogen) atoms. The Balaban J connectivity index is 2.08. The number of nitrogens with zero attached hydrogens (tertiary/aromatic N) is 1. The first-order chi connectivity index (χ1) is 10.5. The molecule has 0 aliphatic heterocycles. The lowest BCUT2D eigenvalue weighted by atomic mass is 10.1. The number of para-hydroxylation sites is 1. The molecule has 0 aromatic heterocycles. The van der Waals surface area contributed by atoms with Crippen molar-refractivity contribution < 1.29 is 14.6 Å². The van der Waals surface area contributed by atoms with Crippen LogP contribution in [0.1, 0.15) is 16.7 Å². The predicted octanol–water partition coefficient (Wildman–Crippen LogP) is 1.88. The molecule has 0 bridgehead atoms. The molecule has 0 saturated carbocycles. The van der Waals surface area contributed by atoms with E-state index in [1.165, 1.54) is 0 Å². The fourth-order valence-corrected chi connectivity index (χ4v) is 2.07. The van der Waals surface area contributed by atoms with Crippen molar-refractivity contribution in [3.8, 4) is 5.75 Å². The monoisotopic (exact) mass is 297 g/mol. The third-order valence-electron chi connectivity index (χ3n) is 2.88. The number of anilines is 1. The van der Waals surface area contributed by atoms with E-state index in [1.807, 2.05) is 32.0 Å². The van der Waals surface area contributed by atoms with Gasteiger partial charge in [0.25, 0.3) is 0 Å². The average molecular weight is 297 g/mol. The second kappa shape index (κ2) is 7.26. The second-order valence-corrected chi connectivity index (χ2v) is 4.94. The molecular weight excluding hydrogens is 280 g/mol. The number of hydrazone groups is 1. The van der Waals surface area contributed by atoms with Gasteiger partial charge in [-0.2, -0.15) is 5.10 Å². The molecule has 0 spiro atoms. The minimum Gasteiger partial charge on any atom is -0.546 e. The van der Waals surface area contributed by atoms with Crippen molar-refractivity contribution in [1.82, 2.24) is 0 Å². The summed E-state index contributed by atoms with van der Waals surface area (Å²) in [7, 11) is 0. The largest absolute Gasteiger partial charge is 0.546 e. The molecule has 0 unspecified atom stereocenters. The number of hydrogen-bond acceptors (Lipinski definition) is 5. The lowest BCUT2D eigenvalue weighted by Crippen LogP contribution is -2.29. The maximum Gasteiger partial charge on any atom is 0.128 e. The third kappa shape index (κ3) is 4.63. The molecule has 0 radical (unpaired) electrons. The van der Waals surface area contributed by atoms with Gasteiger partial charge < -0.3 is 14.6 Å². The van der Waals surface area contributed by atoms with Crippen molar-refractivity contribution in [2.45, 2.75) is 13.8 Å². The molecule has 0 aliphatic carbocycles. The highest BCUT2D eigenvalue weighted by atomic mass is 16.5. The van der Waals surface area contributed by atoms with Gasteiger partial charge in [0.2, 0.25) is 0 Å². The zero-order chi connectivity index (χ0) is 15.9. The van der Waals surface area contributed by atoms with Crippen LogP contribution in [0.15, 0.2) is 47.6 Å². The Morgan fingerprint density at radius 2 is 1.91 bits per heavy atom. The summed E-state index contributed by atoms with van der Waals surface area (Å²) >= 11 is 0. The standard InChI is InChI=1S/C17H18N2O3/c1-12-7-13(2)9-15(8-12)19-18-10-14-5-3-4-6-16(14)22-11-17(20)21/h3-10,19H,11H2,1-2H3,(H,20,21)/p-1/b18-10-. The van der Waals surface area contributed by atoms with E-state index in [1.54, 1.807) is 24.4 Å². The molecule has 0 aliphatic rings. The molecule has 0 atom stereocenters. The second-order valence-electron chi connectivity index (χ2n) is 4.94. The Kier molecular flexibility index (Phi) is 5.14. The Labute approximate surface area is 129 Å². The molecule has 0 amide bonds. The van der Waals surface area contributed by atoms with Crippen LogP contribution in [0.25, 0.3) is 0 Å². The summed E-state index contributed by atoms with van der Waals surface area (Å²) in [6.07, 6.45) is 1.59. The number of rotatable bonds is 6. The van der Waals surface area contributed by atoms with Crippen molar-refractivity contribution in [3.05, 3.63) is 59.2 Å². The van der Waals surface area contributed by atoms with Gasteiger partial charge >= 0.3 is 0 Å². The van der Waals surface area contributed by atoms with Gasteiger partial charge in [0.05, 0.1) is 17.9 Å². The number of aliphatic carboxylic acids is 1. The highest BCUT2D eigenvalue weighted by Crippen LogP contribution is 2.17. The van der Waals surface area contributed by atoms with E-state index in [0.29, 0.717) is 11.3 Å². The van der Waals surface area contributed by atoms with E-state index in [0.717, 1.165) is 16.8 Å². The Morgan fingerprint density at radius 3 is 2.59 bits per heavy atom. The molecule has 5 nitrogen and oxygen atoms in total. The quantitative estimate of drug-likeness (QED) is 0.652. The lowest BCUT2D eigenvalue weighted by molar-refractivity contribution is -0.307. The number of hydrogen-bond donors (Lipinski definition) is 1. The van der Waals surface area contributed by atoms with Crippen molar-refractivity contribution in [2.75, 3.05) is 12.0 Å². The zero-order valence-corrected chi connectivity index (χ0v) is 12.5. The fraction of sp³-hybridized carbons (Fsp3) is 0.176. The number of aryl methyl sites for hydroxylation is 2. The number of ether oxygens (including phenoxy) is 1. The molecule has 0 saturated heterocycles. The molecule has 0 heterocycles. The zero-order valence-electron chi connectivity index (χ0n) is 12.5. The molecule has 2 rings (SSSR count). The maximum atomic E-state index is 10.5. The first-order valence-corrected chi connectivity index (χ1v) is 6.83. The molecule has 2 aromatic carbocycles. The van der Waals surface area contributed by atoms with Crippen LogP contribution in [0.3, 0.4) is 0 Å². The Bertz CT molecular complexity index is 676. The van der Waals surface area contributed by atoms with Gasteiger partial charge in [0, 0.05) is 5.56 Å². The summed E-state index contributed by atoms with van der Waals surface area (Å²) in [4.78, 5) is 10.5. The van der Waals surface area contributed by atoms with Gasteiger partial charge in [-0.05, 0) is 49.2 Å². The summed E-state index contributed by atoms with van der Waals surface area (Å²) in [5.41, 5.74) is 6.82. The SMILES string of the molecule is Cc1cc(C)cc(N/N=C\c2ccccc2OCC(=O)[O-])c1. The van der Waals surface area contributed by atoms with Crippen molar-refractivity contribution in [1.29, 1.82) is 0 Å². The molecule has 114 valence electrons. The van der Waals surface area contributed by atoms with Gasteiger partial charge in [0.1, 0.15) is 12.4 Å². The molecule has 5 heteroatoms. The first-order valence-electron chi connectivity index (χ1n) is 6.83. The molecule has 2 aromatic rings. The third-order valence-corrected chi connectivity index (χ3v) is 2.88. The average Bonchev–Trinajstić information content (AvgIpc) is 2.45. The van der Waals surface area contributed by atoms with Gasteiger partial charge in [-0.15, -0.1) is 0 Å². The van der Waals surface area contributed by atoms with Crippen LogP contribution in [-0.2, 0) is 4.79 Å². The smallest absolute Gasteiger partial charge is 0.128 e. The number of carbonyl (C=O) groups is 1. The summed E-state index contributed by atoms with van der Waals surface area (Å²) < 4.78 is 5.16. The van der Waals surface area contributed by atoms with Gasteiger partial charge in [0.15, 0.2) is 0 Å². The van der Waals surface area contributed by atoms with E-state index >= 15 is 0 Å². The topological polar surface area (TPSA) is 73.8 Å². The maximum absolute atomic E-state index is 10.5. The van der Waals surface area contributed by atoms with Crippen molar-refractivity contribution in [3.63, 3.8) is 0 Å². The van der Waals surface area contributed by atoms with Crippen LogP contribution in [-0.4, -0.2) is 18.8 Å². The van der Waals surface area contributed by atoms with Gasteiger partial charge in [-0.1, -0.05) is 18.2 Å². The number of carbonyl (C=O) groups excluding carboxylic acids is 1. The van der Waals surface area contributed by atoms with E-state index < -0.39 is 12.6 Å². The van der Waals surface area contributed by atoms with Crippen LogP contribution in [0.5, 0.6) is 5.75 Å². The minimum atomic E-state index is -1.26. The van der Waals surface area contributed by atoms with Crippen LogP contribution in [0.4, 0.5) is 5.69 Å². The van der Waals surface area contributed by atoms with Crippen LogP contribution >= 0.6 is 0 Å². The Hall–Kier alpha value is -2.82. The van der Waals surface area contributed by atoms with Gasteiger partial charge in [-0.25, -0.2) is 0 Å². The van der Waals surface area contributed by atoms with E-state index in [9.17, 15) is 9.90 Å². The summed E-state index contributed by atoms with van der Waals surface area (Å²) in [5, 5.41) is 14.6. The molecule has 0 fully saturated rings. The summed E-state index contributed by atoms with van der Waals surface area (Å²) in [6.45, 7) is 3.55. The normalized spacial score (nSPS) is 10.6. The minimum absolute atomic E-state index is 0.442. The van der Waals surface area contributed by atoms with Crippen LogP contribution in [0, 0.1) is 13.8 Å². The molecule has 1 N–H and O–H groups in total. The molecular formula is C17H17N2O3-. The van der Waals surface area contributed by atoms with Crippen LogP contribution < -0.4 is 15.3 Å². The Morgan fingerprint density at radius 1 is 1.23 bits per heavy atom. The lowest BCUT2D eigenvalue weighted by Gasteiger charge is -2.09. The number of nitrogens with one attached hydrogen (secondary N) is 1. The van der Waals surface area contributed by atoms with E-state index in [2.05, 4.69) is 16.6 Å². The van der Waals surface area contributed by atoms with Crippen molar-refractivity contribution in [2.24, 2.45) is 5.10 Å². The highest BCUT2D eigenvalue weighted by molar-refractivity contribution is 5.84. The number of carboxylic acids is 1. The summed E-state index contributed by atoms with van der Waals surface area (Å²) in [5.74, 6) is -0.822. The number of carboxylic acid groups (broad SMARTS) is 1. The first kappa shape index (κ1) is 15.6.